The molecule has 0 aromatic rings. The molecule has 20 heavy (non-hydrogen) atoms. The van der Waals surface area contributed by atoms with E-state index >= 15 is 0 Å². The van der Waals surface area contributed by atoms with E-state index in [-0.39, 0.29) is 24.0 Å². The maximum absolute atomic E-state index is 12.1. The van der Waals surface area contributed by atoms with Crippen molar-refractivity contribution in [1.29, 1.82) is 0 Å². The van der Waals surface area contributed by atoms with Crippen LogP contribution < -0.4 is 10.6 Å². The first-order valence-electron chi connectivity index (χ1n) is 7.64. The van der Waals surface area contributed by atoms with Crippen molar-refractivity contribution in [2.75, 3.05) is 7.11 Å². The molecule has 116 valence electrons. The summed E-state index contributed by atoms with van der Waals surface area (Å²) in [5.74, 6) is 0.165. The van der Waals surface area contributed by atoms with Gasteiger partial charge < -0.3 is 15.4 Å². The number of methoxy groups -OCH3 is 1. The van der Waals surface area contributed by atoms with Crippen molar-refractivity contribution in [3.05, 3.63) is 0 Å². The van der Waals surface area contributed by atoms with Gasteiger partial charge in [0.15, 0.2) is 0 Å². The first-order chi connectivity index (χ1) is 9.49. The molecule has 0 bridgehead atoms. The third-order valence-corrected chi connectivity index (χ3v) is 4.38. The van der Waals surface area contributed by atoms with Gasteiger partial charge in [0.05, 0.1) is 7.11 Å². The molecular weight excluding hydrogens is 256 g/mol. The molecule has 0 aromatic carbocycles. The highest BCUT2D eigenvalue weighted by Gasteiger charge is 2.28. The average molecular weight is 284 g/mol. The monoisotopic (exact) mass is 284 g/mol. The van der Waals surface area contributed by atoms with Crippen molar-refractivity contribution < 1.29 is 14.3 Å². The van der Waals surface area contributed by atoms with Crippen LogP contribution in [0.5, 0.6) is 0 Å². The molecule has 0 heterocycles. The minimum absolute atomic E-state index is 0.0528. The lowest BCUT2D eigenvalue weighted by Gasteiger charge is -2.30. The highest BCUT2D eigenvalue weighted by atomic mass is 16.5. The molecule has 0 unspecified atom stereocenters. The molecule has 0 spiro atoms. The van der Waals surface area contributed by atoms with Crippen molar-refractivity contribution in [2.24, 2.45) is 11.8 Å². The molecule has 1 aliphatic carbocycles. The Morgan fingerprint density at radius 2 is 1.95 bits per heavy atom. The summed E-state index contributed by atoms with van der Waals surface area (Å²) in [7, 11) is 1.35. The number of hydrogen-bond donors (Lipinski definition) is 2. The molecule has 4 atom stereocenters. The fourth-order valence-corrected chi connectivity index (χ4v) is 2.68. The molecule has 0 aromatic heterocycles. The van der Waals surface area contributed by atoms with Crippen molar-refractivity contribution in [1.82, 2.24) is 10.6 Å². The fraction of sp³-hybridized carbons (Fsp3) is 0.867. The fourth-order valence-electron chi connectivity index (χ4n) is 2.68. The van der Waals surface area contributed by atoms with E-state index in [1.165, 1.54) is 13.5 Å². The van der Waals surface area contributed by atoms with Gasteiger partial charge >= 0.3 is 12.0 Å². The Hall–Kier alpha value is -1.26. The lowest BCUT2D eigenvalue weighted by Crippen LogP contribution is -2.53. The van der Waals surface area contributed by atoms with Gasteiger partial charge in [-0.05, 0) is 24.7 Å². The first kappa shape index (κ1) is 16.8. The Bertz CT molecular complexity index is 333. The maximum Gasteiger partial charge on any atom is 0.328 e. The molecule has 1 saturated carbocycles. The standard InChI is InChI=1S/C15H28N2O3/c1-5-10(2)13(14(18)20-4)17-15(19)16-12-9-7-6-8-11(12)3/h10-13H,5-9H2,1-4H3,(H2,16,17,19)/t10-,11-,12+,13+/m1/s1. The van der Waals surface area contributed by atoms with E-state index in [0.717, 1.165) is 25.7 Å². The summed E-state index contributed by atoms with van der Waals surface area (Å²) in [5, 5.41) is 5.76. The number of nitrogens with one attached hydrogen (secondary N) is 2. The van der Waals surface area contributed by atoms with Gasteiger partial charge in [-0.1, -0.05) is 40.0 Å². The summed E-state index contributed by atoms with van der Waals surface area (Å²) in [6.45, 7) is 6.09. The maximum atomic E-state index is 12.1. The van der Waals surface area contributed by atoms with Gasteiger partial charge in [0, 0.05) is 6.04 Å². The number of ether oxygens (including phenoxy) is 1. The van der Waals surface area contributed by atoms with Gasteiger partial charge in [-0.2, -0.15) is 0 Å². The summed E-state index contributed by atoms with van der Waals surface area (Å²) in [4.78, 5) is 23.8. The molecule has 5 heteroatoms. The Balaban J connectivity index is 2.54. The third-order valence-electron chi connectivity index (χ3n) is 4.38. The second-order valence-corrected chi connectivity index (χ2v) is 5.87. The van der Waals surface area contributed by atoms with Gasteiger partial charge in [0.1, 0.15) is 6.04 Å². The molecule has 1 fully saturated rings. The van der Waals surface area contributed by atoms with E-state index in [2.05, 4.69) is 17.6 Å². The van der Waals surface area contributed by atoms with Gasteiger partial charge in [0.2, 0.25) is 0 Å². The Morgan fingerprint density at radius 1 is 1.30 bits per heavy atom. The van der Waals surface area contributed by atoms with Gasteiger partial charge in [-0.3, -0.25) is 0 Å². The normalized spacial score (nSPS) is 25.4. The number of carbonyl (C=O) groups excluding carboxylic acids is 2. The predicted molar refractivity (Wildman–Crippen MR) is 78.3 cm³/mol. The van der Waals surface area contributed by atoms with Crippen molar-refractivity contribution in [3.63, 3.8) is 0 Å². The van der Waals surface area contributed by atoms with Crippen LogP contribution in [0.15, 0.2) is 0 Å². The number of hydrogen-bond acceptors (Lipinski definition) is 3. The van der Waals surface area contributed by atoms with Crippen LogP contribution in [0.1, 0.15) is 52.9 Å². The van der Waals surface area contributed by atoms with Crippen LogP contribution in [-0.2, 0) is 9.53 Å². The number of rotatable bonds is 5. The van der Waals surface area contributed by atoms with Gasteiger partial charge in [0.25, 0.3) is 0 Å². The zero-order chi connectivity index (χ0) is 15.1. The van der Waals surface area contributed by atoms with E-state index < -0.39 is 6.04 Å². The van der Waals surface area contributed by atoms with Crippen LogP contribution >= 0.6 is 0 Å². The highest BCUT2D eigenvalue weighted by Crippen LogP contribution is 2.23. The molecule has 0 aliphatic heterocycles. The summed E-state index contributed by atoms with van der Waals surface area (Å²) in [6, 6.07) is -0.637. The van der Waals surface area contributed by atoms with Gasteiger partial charge in [-0.15, -0.1) is 0 Å². The lowest BCUT2D eigenvalue weighted by molar-refractivity contribution is -0.144. The van der Waals surface area contributed by atoms with Crippen LogP contribution in [0, 0.1) is 11.8 Å². The van der Waals surface area contributed by atoms with Crippen molar-refractivity contribution in [3.8, 4) is 0 Å². The number of urea groups is 1. The summed E-state index contributed by atoms with van der Waals surface area (Å²) in [6.07, 6.45) is 5.36. The smallest absolute Gasteiger partial charge is 0.328 e. The Labute approximate surface area is 121 Å². The van der Waals surface area contributed by atoms with Crippen LogP contribution in [0.25, 0.3) is 0 Å². The largest absolute Gasteiger partial charge is 0.467 e. The Morgan fingerprint density at radius 3 is 2.50 bits per heavy atom. The molecule has 5 nitrogen and oxygen atoms in total. The number of carbonyl (C=O) groups is 2. The molecule has 1 aliphatic rings. The Kier molecular flexibility index (Phi) is 6.82. The quantitative estimate of drug-likeness (QED) is 0.762. The lowest BCUT2D eigenvalue weighted by atomic mass is 9.86. The van der Waals surface area contributed by atoms with E-state index in [9.17, 15) is 9.59 Å². The molecule has 0 saturated heterocycles. The second-order valence-electron chi connectivity index (χ2n) is 5.87. The topological polar surface area (TPSA) is 67.4 Å². The minimum Gasteiger partial charge on any atom is -0.467 e. The minimum atomic E-state index is -0.580. The molecule has 1 rings (SSSR count). The van der Waals surface area contributed by atoms with Crippen molar-refractivity contribution in [2.45, 2.75) is 65.0 Å². The predicted octanol–water partition coefficient (Wildman–Crippen LogP) is 2.45. The summed E-state index contributed by atoms with van der Waals surface area (Å²) >= 11 is 0. The van der Waals surface area contributed by atoms with Crippen LogP contribution in [0.3, 0.4) is 0 Å². The highest BCUT2D eigenvalue weighted by molar-refractivity contribution is 5.83. The second kappa shape index (κ2) is 8.12. The SMILES string of the molecule is CC[C@@H](C)[C@H](NC(=O)N[C@H]1CCCC[C@H]1C)C(=O)OC. The van der Waals surface area contributed by atoms with Crippen molar-refractivity contribution >= 4 is 12.0 Å². The zero-order valence-electron chi connectivity index (χ0n) is 13.1. The summed E-state index contributed by atoms with van der Waals surface area (Å²) < 4.78 is 4.77. The zero-order valence-corrected chi connectivity index (χ0v) is 13.1. The van der Waals surface area contributed by atoms with E-state index in [0.29, 0.717) is 5.92 Å². The van der Waals surface area contributed by atoms with E-state index in [1.54, 1.807) is 0 Å². The molecular formula is C15H28N2O3. The van der Waals surface area contributed by atoms with Gasteiger partial charge in [-0.25, -0.2) is 9.59 Å². The summed E-state index contributed by atoms with van der Waals surface area (Å²) in [5.41, 5.74) is 0. The molecule has 2 N–H and O–H groups in total. The average Bonchev–Trinajstić information content (AvgIpc) is 2.45. The molecule has 0 radical (unpaired) electrons. The van der Waals surface area contributed by atoms with E-state index in [4.69, 9.17) is 4.74 Å². The number of esters is 1. The van der Waals surface area contributed by atoms with Crippen LogP contribution in [0.2, 0.25) is 0 Å². The van der Waals surface area contributed by atoms with E-state index in [1.807, 2.05) is 13.8 Å². The molecule has 2 amide bonds. The number of amides is 2. The first-order valence-corrected chi connectivity index (χ1v) is 7.64. The van der Waals surface area contributed by atoms with Crippen LogP contribution in [-0.4, -0.2) is 31.2 Å². The third kappa shape index (κ3) is 4.69. The van der Waals surface area contributed by atoms with Crippen LogP contribution in [0.4, 0.5) is 4.79 Å².